The van der Waals surface area contributed by atoms with E-state index in [0.29, 0.717) is 30.3 Å². The van der Waals surface area contributed by atoms with Gasteiger partial charge in [-0.25, -0.2) is 4.39 Å². The van der Waals surface area contributed by atoms with Crippen LogP contribution in [0.4, 0.5) is 4.39 Å². The minimum absolute atomic E-state index is 0.139. The molecular weight excluding hydrogens is 421 g/mol. The number of hydrogen-bond donors (Lipinski definition) is 1. The fraction of sp³-hybridized carbons (Fsp3) is 0.423. The van der Waals surface area contributed by atoms with E-state index in [1.807, 2.05) is 41.0 Å². The van der Waals surface area contributed by atoms with Crippen LogP contribution in [0.1, 0.15) is 22.5 Å². The van der Waals surface area contributed by atoms with E-state index in [2.05, 4.69) is 10.2 Å². The van der Waals surface area contributed by atoms with Gasteiger partial charge >= 0.3 is 0 Å². The van der Waals surface area contributed by atoms with Crippen LogP contribution in [-0.2, 0) is 16.0 Å². The summed E-state index contributed by atoms with van der Waals surface area (Å²) in [7, 11) is 0. The van der Waals surface area contributed by atoms with Crippen LogP contribution in [0.25, 0.3) is 10.9 Å². The van der Waals surface area contributed by atoms with Crippen molar-refractivity contribution in [3.8, 4) is 0 Å². The third-order valence-corrected chi connectivity index (χ3v) is 6.83. The molecule has 1 aromatic heterocycles. The number of para-hydroxylation sites is 1. The number of hydrogen-bond acceptors (Lipinski definition) is 4. The highest BCUT2D eigenvalue weighted by Gasteiger charge is 2.32. The van der Waals surface area contributed by atoms with Crippen molar-refractivity contribution in [3.63, 3.8) is 0 Å². The Hall–Kier alpha value is -2.74. The summed E-state index contributed by atoms with van der Waals surface area (Å²) in [5, 5.41) is 4.15. The summed E-state index contributed by atoms with van der Waals surface area (Å²) >= 11 is 0. The van der Waals surface area contributed by atoms with Gasteiger partial charge in [-0.15, -0.1) is 0 Å². The Balaban J connectivity index is 1.39. The number of halogens is 1. The van der Waals surface area contributed by atoms with Crippen LogP contribution < -0.4 is 5.32 Å². The van der Waals surface area contributed by atoms with Gasteiger partial charge in [-0.1, -0.05) is 36.4 Å². The molecule has 1 amide bonds. The Bertz CT molecular complexity index is 1100. The van der Waals surface area contributed by atoms with Crippen molar-refractivity contribution in [1.29, 1.82) is 0 Å². The Labute approximate surface area is 193 Å². The lowest BCUT2D eigenvalue weighted by Crippen LogP contribution is -2.52. The number of carbonyl (C=O) groups excluding carboxylic acids is 1. The maximum Gasteiger partial charge on any atom is 0.268 e. The zero-order valence-electron chi connectivity index (χ0n) is 18.7. The number of benzene rings is 2. The Kier molecular flexibility index (Phi) is 6.71. The molecule has 7 heteroatoms. The van der Waals surface area contributed by atoms with E-state index in [0.717, 1.165) is 56.8 Å². The highest BCUT2D eigenvalue weighted by atomic mass is 19.1. The second-order valence-corrected chi connectivity index (χ2v) is 8.82. The first-order valence-corrected chi connectivity index (χ1v) is 11.7. The van der Waals surface area contributed by atoms with Gasteiger partial charge in [0.25, 0.3) is 5.91 Å². The lowest BCUT2D eigenvalue weighted by molar-refractivity contribution is 0.00164. The maximum absolute atomic E-state index is 14.4. The minimum atomic E-state index is -0.268. The first-order valence-electron chi connectivity index (χ1n) is 11.7. The van der Waals surface area contributed by atoms with Gasteiger partial charge in [0.1, 0.15) is 11.5 Å². The number of nitrogens with zero attached hydrogens (tertiary/aromatic N) is 2. The number of amides is 1. The molecule has 2 aromatic carbocycles. The predicted octanol–water partition coefficient (Wildman–Crippen LogP) is 3.30. The summed E-state index contributed by atoms with van der Waals surface area (Å²) in [5.41, 5.74) is 2.02. The first kappa shape index (κ1) is 22.1. The van der Waals surface area contributed by atoms with E-state index in [1.165, 1.54) is 6.07 Å². The smallest absolute Gasteiger partial charge is 0.268 e. The molecule has 2 fully saturated rings. The fourth-order valence-corrected chi connectivity index (χ4v) is 5.01. The standard InChI is InChI=1S/C26H30FN3O3/c27-22-7-3-1-6-20(22)17-30-23-8-4-2-5-19(23)15-24(30)26(31)28-16-25(21-9-12-33-18-21)29-10-13-32-14-11-29/h1-8,15,21,25H,9-14,16-18H2,(H,28,31). The molecule has 0 bridgehead atoms. The molecule has 0 aliphatic carbocycles. The van der Waals surface area contributed by atoms with Crippen LogP contribution in [0, 0.1) is 11.7 Å². The number of morpholine rings is 1. The SMILES string of the molecule is O=C(NCC(C1CCOC1)N1CCOCC1)c1cc2ccccc2n1Cc1ccccc1F. The highest BCUT2D eigenvalue weighted by Crippen LogP contribution is 2.24. The summed E-state index contributed by atoms with van der Waals surface area (Å²) in [4.78, 5) is 15.8. The average molecular weight is 452 g/mol. The van der Waals surface area contributed by atoms with E-state index in [-0.39, 0.29) is 17.8 Å². The normalized spacial score (nSPS) is 20.2. The Morgan fingerprint density at radius 3 is 2.64 bits per heavy atom. The van der Waals surface area contributed by atoms with Gasteiger partial charge in [0.15, 0.2) is 0 Å². The molecule has 6 nitrogen and oxygen atoms in total. The van der Waals surface area contributed by atoms with Crippen molar-refractivity contribution in [2.24, 2.45) is 5.92 Å². The second-order valence-electron chi connectivity index (χ2n) is 8.82. The van der Waals surface area contributed by atoms with Crippen LogP contribution in [0.2, 0.25) is 0 Å². The van der Waals surface area contributed by atoms with Crippen molar-refractivity contribution >= 4 is 16.8 Å². The number of fused-ring (bicyclic) bond motifs is 1. The molecule has 2 aliphatic rings. The van der Waals surface area contributed by atoms with Gasteiger partial charge in [-0.2, -0.15) is 0 Å². The van der Waals surface area contributed by atoms with Crippen LogP contribution in [-0.4, -0.2) is 67.5 Å². The lowest BCUT2D eigenvalue weighted by Gasteiger charge is -2.37. The first-order chi connectivity index (χ1) is 16.2. The maximum atomic E-state index is 14.4. The molecule has 3 heterocycles. The zero-order valence-corrected chi connectivity index (χ0v) is 18.7. The largest absolute Gasteiger partial charge is 0.381 e. The van der Waals surface area contributed by atoms with Crippen LogP contribution in [0.15, 0.2) is 54.6 Å². The van der Waals surface area contributed by atoms with Gasteiger partial charge in [-0.05, 0) is 24.6 Å². The van der Waals surface area contributed by atoms with E-state index in [1.54, 1.807) is 12.1 Å². The van der Waals surface area contributed by atoms with Crippen molar-refractivity contribution in [3.05, 3.63) is 71.7 Å². The molecule has 2 atom stereocenters. The molecule has 0 spiro atoms. The number of ether oxygens (including phenoxy) is 2. The topological polar surface area (TPSA) is 55.7 Å². The lowest BCUT2D eigenvalue weighted by atomic mass is 9.97. The molecule has 2 saturated heterocycles. The van der Waals surface area contributed by atoms with E-state index in [4.69, 9.17) is 9.47 Å². The van der Waals surface area contributed by atoms with Gasteiger partial charge in [0, 0.05) is 54.7 Å². The fourth-order valence-electron chi connectivity index (χ4n) is 5.01. The molecule has 0 saturated carbocycles. The van der Waals surface area contributed by atoms with Gasteiger partial charge in [-0.3, -0.25) is 9.69 Å². The summed E-state index contributed by atoms with van der Waals surface area (Å²) in [6, 6.07) is 16.7. The number of rotatable bonds is 7. The summed E-state index contributed by atoms with van der Waals surface area (Å²) in [5.74, 6) is -0.0114. The second kappa shape index (κ2) is 10.0. The Morgan fingerprint density at radius 1 is 1.06 bits per heavy atom. The molecule has 174 valence electrons. The highest BCUT2D eigenvalue weighted by molar-refractivity contribution is 5.98. The average Bonchev–Trinajstić information content (AvgIpc) is 3.50. The molecule has 2 aliphatic heterocycles. The van der Waals surface area contributed by atoms with E-state index >= 15 is 0 Å². The van der Waals surface area contributed by atoms with Crippen molar-refractivity contribution in [2.75, 3.05) is 46.1 Å². The van der Waals surface area contributed by atoms with Crippen molar-refractivity contribution in [2.45, 2.75) is 19.0 Å². The van der Waals surface area contributed by atoms with Crippen LogP contribution >= 0.6 is 0 Å². The summed E-state index contributed by atoms with van der Waals surface area (Å²) in [6.45, 7) is 5.52. The van der Waals surface area contributed by atoms with Crippen molar-refractivity contribution in [1.82, 2.24) is 14.8 Å². The molecule has 5 rings (SSSR count). The summed E-state index contributed by atoms with van der Waals surface area (Å²) < 4.78 is 27.5. The Morgan fingerprint density at radius 2 is 1.85 bits per heavy atom. The number of aromatic nitrogens is 1. The molecule has 2 unspecified atom stereocenters. The third-order valence-electron chi connectivity index (χ3n) is 6.83. The molecule has 1 N–H and O–H groups in total. The quantitative estimate of drug-likeness (QED) is 0.599. The number of carbonyl (C=O) groups is 1. The monoisotopic (exact) mass is 451 g/mol. The third kappa shape index (κ3) is 4.81. The van der Waals surface area contributed by atoms with Gasteiger partial charge in [0.05, 0.1) is 26.4 Å². The van der Waals surface area contributed by atoms with Crippen molar-refractivity contribution < 1.29 is 18.7 Å². The number of nitrogens with one attached hydrogen (secondary N) is 1. The zero-order chi connectivity index (χ0) is 22.6. The summed E-state index contributed by atoms with van der Waals surface area (Å²) in [6.07, 6.45) is 1.01. The van der Waals surface area contributed by atoms with Gasteiger partial charge < -0.3 is 19.4 Å². The van der Waals surface area contributed by atoms with Crippen LogP contribution in [0.3, 0.4) is 0 Å². The van der Waals surface area contributed by atoms with E-state index < -0.39 is 0 Å². The molecule has 3 aromatic rings. The van der Waals surface area contributed by atoms with Gasteiger partial charge in [0.2, 0.25) is 0 Å². The molecule has 33 heavy (non-hydrogen) atoms. The molecule has 0 radical (unpaired) electrons. The minimum Gasteiger partial charge on any atom is -0.381 e. The van der Waals surface area contributed by atoms with Crippen LogP contribution in [0.5, 0.6) is 0 Å². The molecular formula is C26H30FN3O3. The predicted molar refractivity (Wildman–Crippen MR) is 125 cm³/mol. The van der Waals surface area contributed by atoms with E-state index in [9.17, 15) is 9.18 Å².